The lowest BCUT2D eigenvalue weighted by atomic mass is 10.1. The second-order valence-electron chi connectivity index (χ2n) is 8.83. The Morgan fingerprint density at radius 2 is 1.82 bits per heavy atom. The highest BCUT2D eigenvalue weighted by molar-refractivity contribution is 7.70. The fraction of sp³-hybridized carbons (Fsp3) is 0.474. The standard InChI is InChI=1S/C19H22ClF3N6O8P2/c20-11-4-2-1-3-9(11)6-24-16-13-17(26-18(25-16)19(21,22)23)29(28-27-13)12-5-10(14(30)15(12)31)7-37-39(35,36)8-38(32,33)34/h1-4,10,12,14-15,30-31H,5-8H2,(H,35,36)(H,24,25,26)(H2,32,33,34)/t10-,12-,14-,15+/m1/s1. The minimum atomic E-state index is -4.96. The molecule has 4 rings (SSSR count). The zero-order valence-electron chi connectivity index (χ0n) is 19.6. The molecule has 1 unspecified atom stereocenters. The Balaban J connectivity index is 1.62. The summed E-state index contributed by atoms with van der Waals surface area (Å²) in [4.78, 5) is 34.6. The lowest BCUT2D eigenvalue weighted by Gasteiger charge is -2.19. The van der Waals surface area contributed by atoms with Gasteiger partial charge in [-0.15, -0.1) is 5.10 Å². The Labute approximate surface area is 222 Å². The van der Waals surface area contributed by atoms with Crippen molar-refractivity contribution in [1.82, 2.24) is 25.0 Å². The molecule has 39 heavy (non-hydrogen) atoms. The van der Waals surface area contributed by atoms with E-state index in [0.29, 0.717) is 10.6 Å². The molecular weight excluding hydrogens is 595 g/mol. The third-order valence-electron chi connectivity index (χ3n) is 5.92. The summed E-state index contributed by atoms with van der Waals surface area (Å²) in [6.07, 6.45) is -8.40. The predicted octanol–water partition coefficient (Wildman–Crippen LogP) is 2.13. The minimum absolute atomic E-state index is 0.0179. The van der Waals surface area contributed by atoms with Gasteiger partial charge in [0.25, 0.3) is 0 Å². The van der Waals surface area contributed by atoms with E-state index in [9.17, 15) is 37.4 Å². The number of aromatic nitrogens is 5. The summed E-state index contributed by atoms with van der Waals surface area (Å²) in [7, 11) is -9.65. The first-order valence-electron chi connectivity index (χ1n) is 11.1. The third kappa shape index (κ3) is 6.93. The molecule has 14 nitrogen and oxygen atoms in total. The van der Waals surface area contributed by atoms with Gasteiger partial charge >= 0.3 is 21.4 Å². The number of alkyl halides is 3. The number of nitrogens with zero attached hydrogens (tertiary/aromatic N) is 5. The van der Waals surface area contributed by atoms with Crippen LogP contribution in [-0.2, 0) is 26.4 Å². The van der Waals surface area contributed by atoms with Crippen LogP contribution in [0.5, 0.6) is 0 Å². The zero-order chi connectivity index (χ0) is 28.8. The van der Waals surface area contributed by atoms with E-state index in [0.717, 1.165) is 4.68 Å². The van der Waals surface area contributed by atoms with Crippen molar-refractivity contribution in [3.8, 4) is 0 Å². The van der Waals surface area contributed by atoms with Crippen LogP contribution in [0.1, 0.15) is 23.9 Å². The quantitative estimate of drug-likeness (QED) is 0.190. The molecule has 1 aromatic carbocycles. The Kier molecular flexibility index (Phi) is 8.39. The molecule has 20 heteroatoms. The molecule has 5 atom stereocenters. The molecular formula is C19H22ClF3N6O8P2. The van der Waals surface area contributed by atoms with E-state index >= 15 is 0 Å². The van der Waals surface area contributed by atoms with E-state index < -0.39 is 69.5 Å². The van der Waals surface area contributed by atoms with E-state index in [2.05, 4.69) is 25.6 Å². The number of fused-ring (bicyclic) bond motifs is 1. The molecule has 1 saturated carbocycles. The lowest BCUT2D eigenvalue weighted by Crippen LogP contribution is -2.31. The molecule has 214 valence electrons. The first-order chi connectivity index (χ1) is 18.1. The molecule has 3 aromatic rings. The van der Waals surface area contributed by atoms with Crippen molar-refractivity contribution in [3.05, 3.63) is 40.7 Å². The molecule has 0 amide bonds. The minimum Gasteiger partial charge on any atom is -0.390 e. The SMILES string of the molecule is O=P(O)(O)CP(=O)(O)OC[C@H]1C[C@@H](n2nnc3c(NCc4ccccc4Cl)nc(C(F)(F)F)nc32)[C@H](O)[C@@H]1O. The highest BCUT2D eigenvalue weighted by Crippen LogP contribution is 2.56. The van der Waals surface area contributed by atoms with Crippen LogP contribution in [0.4, 0.5) is 19.0 Å². The molecule has 0 spiro atoms. The topological polar surface area (TPSA) is 213 Å². The van der Waals surface area contributed by atoms with Gasteiger partial charge in [0.15, 0.2) is 22.9 Å². The van der Waals surface area contributed by atoms with Gasteiger partial charge in [0.1, 0.15) is 6.10 Å². The van der Waals surface area contributed by atoms with E-state index in [1.807, 2.05) is 0 Å². The number of aliphatic hydroxyl groups is 2. The molecule has 1 aliphatic rings. The monoisotopic (exact) mass is 616 g/mol. The first-order valence-corrected chi connectivity index (χ1v) is 15.0. The van der Waals surface area contributed by atoms with Crippen LogP contribution in [0.15, 0.2) is 24.3 Å². The molecule has 1 fully saturated rings. The number of halogens is 4. The molecule has 0 radical (unpaired) electrons. The van der Waals surface area contributed by atoms with Gasteiger partial charge in [-0.2, -0.15) is 13.2 Å². The Morgan fingerprint density at radius 1 is 1.13 bits per heavy atom. The summed E-state index contributed by atoms with van der Waals surface area (Å²) in [6.45, 7) is -0.710. The predicted molar refractivity (Wildman–Crippen MR) is 129 cm³/mol. The average molecular weight is 617 g/mol. The maximum absolute atomic E-state index is 13.6. The number of hydrogen-bond donors (Lipinski definition) is 6. The first kappa shape index (κ1) is 29.8. The van der Waals surface area contributed by atoms with Gasteiger partial charge in [-0.1, -0.05) is 35.0 Å². The van der Waals surface area contributed by atoms with Crippen molar-refractivity contribution in [2.45, 2.75) is 37.4 Å². The summed E-state index contributed by atoms with van der Waals surface area (Å²) in [5.74, 6) is -4.34. The van der Waals surface area contributed by atoms with Gasteiger partial charge in [-0.3, -0.25) is 9.13 Å². The number of hydrogen-bond acceptors (Lipinski definition) is 10. The van der Waals surface area contributed by atoms with Crippen molar-refractivity contribution in [3.63, 3.8) is 0 Å². The molecule has 0 bridgehead atoms. The van der Waals surface area contributed by atoms with Crippen molar-refractivity contribution in [2.24, 2.45) is 5.92 Å². The van der Waals surface area contributed by atoms with Crippen LogP contribution in [0.3, 0.4) is 0 Å². The number of anilines is 1. The molecule has 0 saturated heterocycles. The van der Waals surface area contributed by atoms with Gasteiger partial charge in [0, 0.05) is 17.5 Å². The van der Waals surface area contributed by atoms with Gasteiger partial charge in [0.05, 0.1) is 18.8 Å². The summed E-state index contributed by atoms with van der Waals surface area (Å²) in [6, 6.07) is 5.42. The molecule has 0 aliphatic heterocycles. The lowest BCUT2D eigenvalue weighted by molar-refractivity contribution is -0.144. The smallest absolute Gasteiger partial charge is 0.390 e. The van der Waals surface area contributed by atoms with Crippen LogP contribution in [0, 0.1) is 5.92 Å². The van der Waals surface area contributed by atoms with Crippen molar-refractivity contribution < 1.29 is 51.7 Å². The number of nitrogens with one attached hydrogen (secondary N) is 1. The van der Waals surface area contributed by atoms with Gasteiger partial charge in [-0.05, 0) is 18.1 Å². The fourth-order valence-corrected chi connectivity index (χ4v) is 6.93. The number of aliphatic hydroxyl groups excluding tert-OH is 2. The Morgan fingerprint density at radius 3 is 2.46 bits per heavy atom. The highest BCUT2D eigenvalue weighted by atomic mass is 35.5. The van der Waals surface area contributed by atoms with Gasteiger partial charge in [0.2, 0.25) is 5.82 Å². The van der Waals surface area contributed by atoms with Crippen molar-refractivity contribution in [1.29, 1.82) is 0 Å². The maximum Gasteiger partial charge on any atom is 0.451 e. The average Bonchev–Trinajstić information content (AvgIpc) is 3.36. The fourth-order valence-electron chi connectivity index (χ4n) is 4.12. The van der Waals surface area contributed by atoms with E-state index in [4.69, 9.17) is 25.9 Å². The molecule has 1 aliphatic carbocycles. The Bertz CT molecular complexity index is 1460. The normalized spacial score (nSPS) is 23.7. The zero-order valence-corrected chi connectivity index (χ0v) is 22.1. The molecule has 2 heterocycles. The van der Waals surface area contributed by atoms with E-state index in [1.54, 1.807) is 24.3 Å². The van der Waals surface area contributed by atoms with Gasteiger partial charge < -0.3 is 34.7 Å². The molecule has 2 aromatic heterocycles. The van der Waals surface area contributed by atoms with Crippen LogP contribution >= 0.6 is 26.8 Å². The van der Waals surface area contributed by atoms with Crippen LogP contribution in [-0.4, -0.2) is 74.6 Å². The second-order valence-corrected chi connectivity index (χ2v) is 13.2. The van der Waals surface area contributed by atoms with Gasteiger partial charge in [-0.25, -0.2) is 14.6 Å². The third-order valence-corrected chi connectivity index (χ3v) is 9.74. The summed E-state index contributed by atoms with van der Waals surface area (Å²) >= 11 is 6.11. The van der Waals surface area contributed by atoms with E-state index in [1.165, 1.54) is 0 Å². The van der Waals surface area contributed by atoms with E-state index in [-0.39, 0.29) is 24.3 Å². The summed E-state index contributed by atoms with van der Waals surface area (Å²) in [5.41, 5.74) is -0.0203. The van der Waals surface area contributed by atoms with Crippen molar-refractivity contribution >= 4 is 43.8 Å². The highest BCUT2D eigenvalue weighted by Gasteiger charge is 2.46. The van der Waals surface area contributed by atoms with Crippen LogP contribution < -0.4 is 5.32 Å². The summed E-state index contributed by atoms with van der Waals surface area (Å²) < 4.78 is 69.5. The summed E-state index contributed by atoms with van der Waals surface area (Å²) in [5, 5.41) is 31.8. The maximum atomic E-state index is 13.6. The van der Waals surface area contributed by atoms with Crippen molar-refractivity contribution in [2.75, 3.05) is 17.8 Å². The number of benzene rings is 1. The van der Waals surface area contributed by atoms with Crippen LogP contribution in [0.2, 0.25) is 5.02 Å². The Hall–Kier alpha value is -2.20. The number of rotatable bonds is 9. The largest absolute Gasteiger partial charge is 0.451 e. The van der Waals surface area contributed by atoms with Crippen LogP contribution in [0.25, 0.3) is 11.2 Å². The molecule has 6 N–H and O–H groups in total. The second kappa shape index (κ2) is 11.0.